The maximum Gasteiger partial charge on any atom is 0.243 e. The Hall–Kier alpha value is -1.09. The van der Waals surface area contributed by atoms with E-state index >= 15 is 0 Å². The first-order valence-corrected chi connectivity index (χ1v) is 8.47. The fourth-order valence-electron chi connectivity index (χ4n) is 2.62. The summed E-state index contributed by atoms with van der Waals surface area (Å²) in [5.74, 6) is -1.87. The van der Waals surface area contributed by atoms with Crippen LogP contribution >= 0.6 is 0 Å². The Morgan fingerprint density at radius 2 is 2.09 bits per heavy atom. The molecule has 1 fully saturated rings. The SMILES string of the molecule is COCC1(CNS(=O)(=O)c2cc(C)c(F)cc2F)CCCN1. The molecule has 0 saturated carbocycles. The van der Waals surface area contributed by atoms with Crippen LogP contribution in [0.1, 0.15) is 18.4 Å². The number of hydrogen-bond acceptors (Lipinski definition) is 4. The van der Waals surface area contributed by atoms with Crippen LogP contribution in [0.5, 0.6) is 0 Å². The van der Waals surface area contributed by atoms with Gasteiger partial charge in [0.2, 0.25) is 10.0 Å². The summed E-state index contributed by atoms with van der Waals surface area (Å²) in [4.78, 5) is -0.544. The molecule has 0 amide bonds. The van der Waals surface area contributed by atoms with E-state index in [1.807, 2.05) is 0 Å². The average molecular weight is 334 g/mol. The van der Waals surface area contributed by atoms with Crippen LogP contribution in [-0.2, 0) is 14.8 Å². The number of benzene rings is 1. The van der Waals surface area contributed by atoms with E-state index in [0.29, 0.717) is 12.7 Å². The molecule has 1 unspecified atom stereocenters. The van der Waals surface area contributed by atoms with E-state index in [4.69, 9.17) is 4.74 Å². The summed E-state index contributed by atoms with van der Waals surface area (Å²) < 4.78 is 59.1. The molecule has 0 aromatic heterocycles. The lowest BCUT2D eigenvalue weighted by Gasteiger charge is -2.28. The van der Waals surface area contributed by atoms with E-state index in [0.717, 1.165) is 25.5 Å². The number of methoxy groups -OCH3 is 1. The second-order valence-electron chi connectivity index (χ2n) is 5.60. The van der Waals surface area contributed by atoms with Gasteiger partial charge in [0.05, 0.1) is 12.1 Å². The second kappa shape index (κ2) is 6.57. The van der Waals surface area contributed by atoms with E-state index in [9.17, 15) is 17.2 Å². The molecule has 1 aliphatic rings. The van der Waals surface area contributed by atoms with Gasteiger partial charge in [-0.2, -0.15) is 0 Å². The highest BCUT2D eigenvalue weighted by Crippen LogP contribution is 2.22. The molecule has 1 saturated heterocycles. The van der Waals surface area contributed by atoms with Gasteiger partial charge in [-0.1, -0.05) is 0 Å². The zero-order chi connectivity index (χ0) is 16.4. The van der Waals surface area contributed by atoms with Crippen molar-refractivity contribution in [2.75, 3.05) is 26.8 Å². The molecule has 1 aliphatic heterocycles. The lowest BCUT2D eigenvalue weighted by Crippen LogP contribution is -2.52. The minimum atomic E-state index is -4.06. The maximum atomic E-state index is 13.8. The van der Waals surface area contributed by atoms with Crippen LogP contribution in [0.4, 0.5) is 8.78 Å². The van der Waals surface area contributed by atoms with Crippen molar-refractivity contribution in [3.63, 3.8) is 0 Å². The van der Waals surface area contributed by atoms with Crippen molar-refractivity contribution in [1.29, 1.82) is 0 Å². The monoisotopic (exact) mass is 334 g/mol. The topological polar surface area (TPSA) is 67.4 Å². The molecule has 1 heterocycles. The van der Waals surface area contributed by atoms with Crippen molar-refractivity contribution in [2.24, 2.45) is 0 Å². The number of sulfonamides is 1. The van der Waals surface area contributed by atoms with Crippen molar-refractivity contribution in [1.82, 2.24) is 10.0 Å². The minimum absolute atomic E-state index is 0.0763. The molecule has 22 heavy (non-hydrogen) atoms. The van der Waals surface area contributed by atoms with Crippen molar-refractivity contribution in [3.8, 4) is 0 Å². The molecule has 0 spiro atoms. The molecule has 5 nitrogen and oxygen atoms in total. The Morgan fingerprint density at radius 1 is 1.36 bits per heavy atom. The molecule has 124 valence electrons. The predicted molar refractivity (Wildman–Crippen MR) is 78.1 cm³/mol. The summed E-state index contributed by atoms with van der Waals surface area (Å²) in [6.07, 6.45) is 1.67. The molecular formula is C14H20F2N2O3S. The molecule has 1 aromatic rings. The third-order valence-electron chi connectivity index (χ3n) is 3.86. The molecule has 1 aromatic carbocycles. The normalized spacial score (nSPS) is 22.2. The van der Waals surface area contributed by atoms with E-state index in [1.54, 1.807) is 7.11 Å². The first-order chi connectivity index (χ1) is 10.3. The van der Waals surface area contributed by atoms with E-state index in [2.05, 4.69) is 10.0 Å². The highest BCUT2D eigenvalue weighted by molar-refractivity contribution is 7.89. The van der Waals surface area contributed by atoms with Crippen LogP contribution in [0.2, 0.25) is 0 Å². The smallest absolute Gasteiger partial charge is 0.243 e. The van der Waals surface area contributed by atoms with Gasteiger partial charge < -0.3 is 10.1 Å². The lowest BCUT2D eigenvalue weighted by atomic mass is 9.99. The Kier molecular flexibility index (Phi) is 5.16. The Bertz CT molecular complexity index is 644. The van der Waals surface area contributed by atoms with Gasteiger partial charge in [-0.05, 0) is 37.9 Å². The molecule has 2 N–H and O–H groups in total. The minimum Gasteiger partial charge on any atom is -0.383 e. The highest BCUT2D eigenvalue weighted by atomic mass is 32.2. The highest BCUT2D eigenvalue weighted by Gasteiger charge is 2.35. The fourth-order valence-corrected chi connectivity index (χ4v) is 3.89. The summed E-state index contributed by atoms with van der Waals surface area (Å²) in [5.41, 5.74) is -0.416. The molecular weight excluding hydrogens is 314 g/mol. The van der Waals surface area contributed by atoms with Gasteiger partial charge in [0.1, 0.15) is 16.5 Å². The van der Waals surface area contributed by atoms with Crippen molar-refractivity contribution < 1.29 is 21.9 Å². The van der Waals surface area contributed by atoms with Crippen LogP contribution in [0.25, 0.3) is 0 Å². The van der Waals surface area contributed by atoms with Crippen molar-refractivity contribution in [3.05, 3.63) is 29.3 Å². The van der Waals surface area contributed by atoms with E-state index < -0.39 is 32.1 Å². The van der Waals surface area contributed by atoms with Gasteiger partial charge in [0.25, 0.3) is 0 Å². The summed E-state index contributed by atoms with van der Waals surface area (Å²) in [6, 6.07) is 1.58. The van der Waals surface area contributed by atoms with Crippen molar-refractivity contribution in [2.45, 2.75) is 30.2 Å². The fraction of sp³-hybridized carbons (Fsp3) is 0.571. The first-order valence-electron chi connectivity index (χ1n) is 6.99. The third kappa shape index (κ3) is 3.62. The Balaban J connectivity index is 2.19. The van der Waals surface area contributed by atoms with Crippen LogP contribution in [-0.4, -0.2) is 40.8 Å². The third-order valence-corrected chi connectivity index (χ3v) is 5.27. The summed E-state index contributed by atoms with van der Waals surface area (Å²) in [7, 11) is -2.52. The number of ether oxygens (including phenoxy) is 1. The van der Waals surface area contributed by atoms with Gasteiger partial charge in [0, 0.05) is 19.7 Å². The van der Waals surface area contributed by atoms with E-state index in [-0.39, 0.29) is 12.1 Å². The zero-order valence-electron chi connectivity index (χ0n) is 12.6. The van der Waals surface area contributed by atoms with Gasteiger partial charge in [-0.3, -0.25) is 0 Å². The van der Waals surface area contributed by atoms with Gasteiger partial charge in [0.15, 0.2) is 0 Å². The number of rotatable bonds is 6. The van der Waals surface area contributed by atoms with E-state index in [1.165, 1.54) is 6.92 Å². The number of hydrogen-bond donors (Lipinski definition) is 2. The van der Waals surface area contributed by atoms with Gasteiger partial charge >= 0.3 is 0 Å². The Morgan fingerprint density at radius 3 is 2.68 bits per heavy atom. The molecule has 1 atom stereocenters. The van der Waals surface area contributed by atoms with Crippen LogP contribution in [0.15, 0.2) is 17.0 Å². The summed E-state index contributed by atoms with van der Waals surface area (Å²) in [6.45, 7) is 2.59. The summed E-state index contributed by atoms with van der Waals surface area (Å²) in [5, 5.41) is 3.22. The van der Waals surface area contributed by atoms with Crippen LogP contribution < -0.4 is 10.0 Å². The number of aryl methyl sites for hydroxylation is 1. The predicted octanol–water partition coefficient (Wildman–Crippen LogP) is 1.32. The molecule has 0 aliphatic carbocycles. The largest absolute Gasteiger partial charge is 0.383 e. The zero-order valence-corrected chi connectivity index (χ0v) is 13.4. The second-order valence-corrected chi connectivity index (χ2v) is 7.34. The van der Waals surface area contributed by atoms with Crippen LogP contribution in [0.3, 0.4) is 0 Å². The quantitative estimate of drug-likeness (QED) is 0.823. The maximum absolute atomic E-state index is 13.8. The standard InChI is InChI=1S/C14H20F2N2O3S/c1-10-6-13(12(16)7-11(10)15)22(19,20)18-8-14(9-21-2)4-3-5-17-14/h6-7,17-18H,3-5,8-9H2,1-2H3. The first kappa shape index (κ1) is 17.3. The van der Waals surface area contributed by atoms with Gasteiger partial charge in [-0.25, -0.2) is 21.9 Å². The Labute approximate surface area is 129 Å². The average Bonchev–Trinajstić information content (AvgIpc) is 2.90. The molecule has 8 heteroatoms. The molecule has 2 rings (SSSR count). The van der Waals surface area contributed by atoms with Crippen molar-refractivity contribution >= 4 is 10.0 Å². The van der Waals surface area contributed by atoms with Crippen LogP contribution in [0, 0.1) is 18.6 Å². The molecule has 0 radical (unpaired) electrons. The number of nitrogens with one attached hydrogen (secondary N) is 2. The summed E-state index contributed by atoms with van der Waals surface area (Å²) >= 11 is 0. The number of halogens is 2. The lowest BCUT2D eigenvalue weighted by molar-refractivity contribution is 0.122. The molecule has 0 bridgehead atoms. The van der Waals surface area contributed by atoms with Gasteiger partial charge in [-0.15, -0.1) is 0 Å².